The topological polar surface area (TPSA) is 166 Å². The van der Waals surface area contributed by atoms with Gasteiger partial charge in [-0.05, 0) is 38.1 Å². The summed E-state index contributed by atoms with van der Waals surface area (Å²) in [5.74, 6) is -0.130. The molecular formula is C23H32Cl2N4O8S2. The Morgan fingerprint density at radius 3 is 1.85 bits per heavy atom. The summed E-state index contributed by atoms with van der Waals surface area (Å²) in [6.45, 7) is 9.26. The van der Waals surface area contributed by atoms with E-state index in [1.165, 1.54) is 32.4 Å². The van der Waals surface area contributed by atoms with E-state index in [1.807, 2.05) is 20.8 Å². The van der Waals surface area contributed by atoms with E-state index in [9.17, 15) is 21.9 Å². The summed E-state index contributed by atoms with van der Waals surface area (Å²) in [7, 11) is -5.49. The minimum atomic E-state index is -4.04. The molecule has 3 aromatic rings. The number of hydrogen-bond acceptors (Lipinski definition) is 10. The van der Waals surface area contributed by atoms with Crippen LogP contribution >= 0.6 is 23.2 Å². The number of hydroxylamine groups is 2. The van der Waals surface area contributed by atoms with Crippen LogP contribution in [-0.4, -0.2) is 63.2 Å². The van der Waals surface area contributed by atoms with Gasteiger partial charge < -0.3 is 15.3 Å². The molecule has 218 valence electrons. The molecule has 0 saturated heterocycles. The van der Waals surface area contributed by atoms with Gasteiger partial charge in [-0.3, -0.25) is 9.68 Å². The number of nitrogen functional groups attached to an aromatic ring is 1. The van der Waals surface area contributed by atoms with Gasteiger partial charge in [-0.25, -0.2) is 21.8 Å². The van der Waals surface area contributed by atoms with Gasteiger partial charge in [-0.1, -0.05) is 52.9 Å². The largest absolute Gasteiger partial charge is 0.504 e. The van der Waals surface area contributed by atoms with Crippen molar-refractivity contribution in [3.05, 3.63) is 40.2 Å². The Bertz CT molecular complexity index is 1530. The summed E-state index contributed by atoms with van der Waals surface area (Å²) >= 11 is 11.9. The number of anilines is 1. The highest BCUT2D eigenvalue weighted by Crippen LogP contribution is 2.37. The molecule has 0 atom stereocenters. The number of aromatic nitrogens is 1. The number of halogens is 2. The molecular weight excluding hydrogens is 595 g/mol. The molecule has 0 saturated carbocycles. The lowest BCUT2D eigenvalue weighted by atomic mass is 9.97. The highest BCUT2D eigenvalue weighted by Gasteiger charge is 2.32. The first-order valence-electron chi connectivity index (χ1n) is 11.5. The van der Waals surface area contributed by atoms with Crippen LogP contribution in [0.2, 0.25) is 10.0 Å². The first-order valence-corrected chi connectivity index (χ1v) is 15.1. The van der Waals surface area contributed by atoms with E-state index in [4.69, 9.17) is 43.0 Å². The zero-order valence-corrected chi connectivity index (χ0v) is 25.7. The van der Waals surface area contributed by atoms with Crippen molar-refractivity contribution in [3.63, 3.8) is 0 Å². The Balaban J connectivity index is 0.000000283. The second-order valence-corrected chi connectivity index (χ2v) is 13.3. The minimum Gasteiger partial charge on any atom is -0.504 e. The Hall–Kier alpha value is -2.17. The number of aromatic hydroxyl groups is 1. The third-order valence-corrected chi connectivity index (χ3v) is 9.79. The molecule has 1 heterocycles. The number of phenols is 1. The molecule has 0 amide bonds. The molecule has 1 aromatic heterocycles. The van der Waals surface area contributed by atoms with E-state index in [2.05, 4.69) is 4.98 Å². The summed E-state index contributed by atoms with van der Waals surface area (Å²) in [4.78, 5) is 13.4. The van der Waals surface area contributed by atoms with Gasteiger partial charge >= 0.3 is 0 Å². The average Bonchev–Trinajstić information content (AvgIpc) is 3.27. The molecule has 0 unspecified atom stereocenters. The van der Waals surface area contributed by atoms with Crippen molar-refractivity contribution in [2.45, 2.75) is 49.8 Å². The Kier molecular flexibility index (Phi) is 10.6. The van der Waals surface area contributed by atoms with Gasteiger partial charge in [0, 0.05) is 18.5 Å². The van der Waals surface area contributed by atoms with Gasteiger partial charge in [0.2, 0.25) is 5.89 Å². The lowest BCUT2D eigenvalue weighted by Gasteiger charge is -2.19. The van der Waals surface area contributed by atoms with Crippen molar-refractivity contribution in [1.82, 2.24) is 13.9 Å². The van der Waals surface area contributed by atoms with Crippen molar-refractivity contribution in [3.8, 4) is 5.75 Å². The van der Waals surface area contributed by atoms with Crippen molar-refractivity contribution in [1.29, 1.82) is 0 Å². The SMILES string of the molecule is CCN(OC)S(=O)(=O)c1c(Cl)ccc(N)c1O.CCN(OC)S(=O)(=O)c1c(Cl)ccc2nc(C(C)(C)C)oc12. The summed E-state index contributed by atoms with van der Waals surface area (Å²) in [5.41, 5.74) is 5.61. The average molecular weight is 628 g/mol. The Morgan fingerprint density at radius 2 is 1.38 bits per heavy atom. The molecule has 12 nitrogen and oxygen atoms in total. The molecule has 0 aliphatic carbocycles. The molecule has 16 heteroatoms. The third-order valence-electron chi connectivity index (χ3n) is 5.20. The first-order chi connectivity index (χ1) is 18.0. The summed E-state index contributed by atoms with van der Waals surface area (Å²) < 4.78 is 56.9. The van der Waals surface area contributed by atoms with Crippen LogP contribution in [0.1, 0.15) is 40.5 Å². The quantitative estimate of drug-likeness (QED) is 0.206. The second kappa shape index (κ2) is 12.6. The molecule has 3 N–H and O–H groups in total. The zero-order chi connectivity index (χ0) is 29.9. The van der Waals surface area contributed by atoms with E-state index in [-0.39, 0.29) is 44.7 Å². The molecule has 39 heavy (non-hydrogen) atoms. The fourth-order valence-corrected chi connectivity index (χ4v) is 7.05. The van der Waals surface area contributed by atoms with Gasteiger partial charge in [0.1, 0.15) is 15.3 Å². The number of phenolic OH excluding ortho intramolecular Hbond substituents is 1. The molecule has 0 bridgehead atoms. The van der Waals surface area contributed by atoms with Crippen LogP contribution in [0.3, 0.4) is 0 Å². The lowest BCUT2D eigenvalue weighted by molar-refractivity contribution is -0.0443. The Morgan fingerprint density at radius 1 is 0.923 bits per heavy atom. The number of fused-ring (bicyclic) bond motifs is 1. The molecule has 0 radical (unpaired) electrons. The number of benzene rings is 2. The van der Waals surface area contributed by atoms with Gasteiger partial charge in [-0.15, -0.1) is 0 Å². The van der Waals surface area contributed by atoms with Crippen molar-refractivity contribution < 1.29 is 36.0 Å². The number of oxazole rings is 1. The minimum absolute atomic E-state index is 0.0691. The van der Waals surface area contributed by atoms with Crippen molar-refractivity contribution >= 4 is 60.0 Å². The van der Waals surface area contributed by atoms with E-state index < -0.39 is 30.7 Å². The molecule has 0 aliphatic rings. The van der Waals surface area contributed by atoms with Crippen LogP contribution in [0.4, 0.5) is 5.69 Å². The maximum Gasteiger partial charge on any atom is 0.270 e. The number of rotatable bonds is 8. The monoisotopic (exact) mass is 626 g/mol. The van der Waals surface area contributed by atoms with E-state index in [0.29, 0.717) is 15.9 Å². The van der Waals surface area contributed by atoms with Crippen LogP contribution in [0.25, 0.3) is 11.1 Å². The molecule has 3 rings (SSSR count). The zero-order valence-electron chi connectivity index (χ0n) is 22.5. The van der Waals surface area contributed by atoms with Crippen LogP contribution in [0, 0.1) is 0 Å². The Labute approximate surface area is 238 Å². The van der Waals surface area contributed by atoms with E-state index >= 15 is 0 Å². The fourth-order valence-electron chi connectivity index (χ4n) is 3.31. The van der Waals surface area contributed by atoms with Gasteiger partial charge in [0.25, 0.3) is 20.0 Å². The van der Waals surface area contributed by atoms with Crippen LogP contribution < -0.4 is 5.73 Å². The standard InChI is InChI=1S/C14H19ClN2O4S.C9H13ClN2O4S/c1-6-17(20-5)22(18,19)12-9(15)7-8-10-11(12)21-13(16-10)14(2,3)4;1-3-12(16-2)17(14,15)9-6(10)4-5-7(11)8(9)13/h7-8H,6H2,1-5H3;4-5,13H,3,11H2,1-2H3. The predicted molar refractivity (Wildman–Crippen MR) is 148 cm³/mol. The summed E-state index contributed by atoms with van der Waals surface area (Å²) in [6.07, 6.45) is 0. The normalized spacial score (nSPS) is 12.7. The summed E-state index contributed by atoms with van der Waals surface area (Å²) in [5, 5.41) is 9.63. The highest BCUT2D eigenvalue weighted by atomic mass is 35.5. The van der Waals surface area contributed by atoms with Gasteiger partial charge in [0.15, 0.2) is 11.3 Å². The molecule has 0 fully saturated rings. The van der Waals surface area contributed by atoms with Crippen molar-refractivity contribution in [2.75, 3.05) is 33.0 Å². The number of nitrogens with zero attached hydrogens (tertiary/aromatic N) is 3. The maximum absolute atomic E-state index is 12.7. The number of hydrogen-bond donors (Lipinski definition) is 2. The maximum atomic E-state index is 12.7. The van der Waals surface area contributed by atoms with Crippen LogP contribution in [-0.2, 0) is 35.1 Å². The van der Waals surface area contributed by atoms with Crippen LogP contribution in [0.15, 0.2) is 38.5 Å². The predicted octanol–water partition coefficient (Wildman–Crippen LogP) is 4.55. The fraction of sp³-hybridized carbons (Fsp3) is 0.435. The lowest BCUT2D eigenvalue weighted by Crippen LogP contribution is -2.30. The first kappa shape index (κ1) is 33.0. The second-order valence-electron chi connectivity index (χ2n) is 8.92. The number of nitrogens with two attached hydrogens (primary N) is 1. The van der Waals surface area contributed by atoms with Gasteiger partial charge in [-0.2, -0.15) is 0 Å². The summed E-state index contributed by atoms with van der Waals surface area (Å²) in [6, 6.07) is 5.75. The van der Waals surface area contributed by atoms with Crippen LogP contribution in [0.5, 0.6) is 5.75 Å². The highest BCUT2D eigenvalue weighted by molar-refractivity contribution is 7.89. The van der Waals surface area contributed by atoms with E-state index in [0.717, 1.165) is 4.47 Å². The molecule has 0 aliphatic heterocycles. The van der Waals surface area contributed by atoms with E-state index in [1.54, 1.807) is 19.9 Å². The van der Waals surface area contributed by atoms with Crippen molar-refractivity contribution in [2.24, 2.45) is 0 Å². The smallest absolute Gasteiger partial charge is 0.270 e. The molecule has 2 aromatic carbocycles. The molecule has 0 spiro atoms. The number of sulfonamides is 2. The van der Waals surface area contributed by atoms with Gasteiger partial charge in [0.05, 0.1) is 30.0 Å². The third kappa shape index (κ3) is 6.77.